The maximum atomic E-state index is 11.9. The molecule has 7 nitrogen and oxygen atoms in total. The first-order chi connectivity index (χ1) is 10.1. The standard InChI is InChI=1S/C14H18N4O3/c15-12(18-21)10-2-1-3-11(8-10)14(20)17-7-6-16-13(19)9-4-5-9/h1-3,8-9,21H,4-7H2,(H2,15,18)(H,16,19)(H,17,20). The molecule has 0 radical (unpaired) electrons. The van der Waals surface area contributed by atoms with Crippen LogP contribution in [0.25, 0.3) is 0 Å². The number of amidine groups is 1. The van der Waals surface area contributed by atoms with Gasteiger partial charge in [0.1, 0.15) is 0 Å². The lowest BCUT2D eigenvalue weighted by Crippen LogP contribution is -2.35. The molecule has 21 heavy (non-hydrogen) atoms. The molecule has 1 fully saturated rings. The van der Waals surface area contributed by atoms with Crippen molar-refractivity contribution in [1.82, 2.24) is 10.6 Å². The van der Waals surface area contributed by atoms with E-state index in [0.717, 1.165) is 12.8 Å². The molecule has 0 heterocycles. The lowest BCUT2D eigenvalue weighted by Gasteiger charge is -2.07. The van der Waals surface area contributed by atoms with Crippen LogP contribution in [0, 0.1) is 5.92 Å². The summed E-state index contributed by atoms with van der Waals surface area (Å²) >= 11 is 0. The molecule has 1 aliphatic carbocycles. The molecule has 0 spiro atoms. The molecule has 1 aromatic carbocycles. The van der Waals surface area contributed by atoms with Gasteiger partial charge in [-0.15, -0.1) is 0 Å². The van der Waals surface area contributed by atoms with Gasteiger partial charge in [0, 0.05) is 30.1 Å². The zero-order valence-corrected chi connectivity index (χ0v) is 11.5. The highest BCUT2D eigenvalue weighted by Crippen LogP contribution is 2.28. The number of amides is 2. The van der Waals surface area contributed by atoms with Crippen molar-refractivity contribution in [2.24, 2.45) is 16.8 Å². The first-order valence-corrected chi connectivity index (χ1v) is 6.75. The smallest absolute Gasteiger partial charge is 0.251 e. The maximum Gasteiger partial charge on any atom is 0.251 e. The molecule has 0 aromatic heterocycles. The second-order valence-electron chi connectivity index (χ2n) is 4.89. The summed E-state index contributed by atoms with van der Waals surface area (Å²) in [5, 5.41) is 17.0. The topological polar surface area (TPSA) is 117 Å². The predicted octanol–water partition coefficient (Wildman–Crippen LogP) is 0.0371. The predicted molar refractivity (Wildman–Crippen MR) is 77.0 cm³/mol. The van der Waals surface area contributed by atoms with E-state index < -0.39 is 0 Å². The normalized spacial score (nSPS) is 14.6. The summed E-state index contributed by atoms with van der Waals surface area (Å²) in [5.74, 6) is -0.110. The largest absolute Gasteiger partial charge is 0.409 e. The van der Waals surface area contributed by atoms with Crippen molar-refractivity contribution >= 4 is 17.6 Å². The quantitative estimate of drug-likeness (QED) is 0.194. The Labute approximate surface area is 122 Å². The molecule has 0 saturated heterocycles. The van der Waals surface area contributed by atoms with E-state index >= 15 is 0 Å². The molecular weight excluding hydrogens is 272 g/mol. The Kier molecular flexibility index (Phi) is 4.76. The molecular formula is C14H18N4O3. The molecule has 0 bridgehead atoms. The summed E-state index contributed by atoms with van der Waals surface area (Å²) in [6.45, 7) is 0.756. The van der Waals surface area contributed by atoms with Crippen molar-refractivity contribution in [3.05, 3.63) is 35.4 Å². The van der Waals surface area contributed by atoms with Gasteiger partial charge in [-0.2, -0.15) is 0 Å². The van der Waals surface area contributed by atoms with E-state index in [1.54, 1.807) is 18.2 Å². The zero-order valence-electron chi connectivity index (χ0n) is 11.5. The number of carbonyl (C=O) groups excluding carboxylic acids is 2. The van der Waals surface area contributed by atoms with Gasteiger partial charge in [0.05, 0.1) is 0 Å². The van der Waals surface area contributed by atoms with Crippen LogP contribution in [0.1, 0.15) is 28.8 Å². The molecule has 7 heteroatoms. The van der Waals surface area contributed by atoms with Crippen LogP contribution in [0.2, 0.25) is 0 Å². The Balaban J connectivity index is 1.81. The van der Waals surface area contributed by atoms with Crippen molar-refractivity contribution in [2.75, 3.05) is 13.1 Å². The number of carbonyl (C=O) groups is 2. The van der Waals surface area contributed by atoms with Gasteiger partial charge in [-0.05, 0) is 25.0 Å². The lowest BCUT2D eigenvalue weighted by molar-refractivity contribution is -0.122. The first-order valence-electron chi connectivity index (χ1n) is 6.75. The Morgan fingerprint density at radius 1 is 1.24 bits per heavy atom. The average Bonchev–Trinajstić information content (AvgIpc) is 3.35. The fourth-order valence-electron chi connectivity index (χ4n) is 1.83. The zero-order chi connectivity index (χ0) is 15.2. The number of hydrogen-bond acceptors (Lipinski definition) is 4. The minimum Gasteiger partial charge on any atom is -0.409 e. The molecule has 0 atom stereocenters. The second kappa shape index (κ2) is 6.74. The molecule has 5 N–H and O–H groups in total. The summed E-state index contributed by atoms with van der Waals surface area (Å²) in [4.78, 5) is 23.3. The second-order valence-corrected chi connectivity index (χ2v) is 4.89. The third kappa shape index (κ3) is 4.20. The summed E-state index contributed by atoms with van der Waals surface area (Å²) in [6, 6.07) is 6.46. The van der Waals surface area contributed by atoms with Crippen LogP contribution in [0.15, 0.2) is 29.4 Å². The highest BCUT2D eigenvalue weighted by Gasteiger charge is 2.28. The summed E-state index contributed by atoms with van der Waals surface area (Å²) in [5.41, 5.74) is 6.35. The van der Waals surface area contributed by atoms with Crippen LogP contribution in [0.5, 0.6) is 0 Å². The van der Waals surface area contributed by atoms with Gasteiger partial charge < -0.3 is 21.6 Å². The lowest BCUT2D eigenvalue weighted by atomic mass is 10.1. The van der Waals surface area contributed by atoms with Gasteiger partial charge in [0.2, 0.25) is 5.91 Å². The number of benzene rings is 1. The van der Waals surface area contributed by atoms with Crippen molar-refractivity contribution in [3.8, 4) is 0 Å². The summed E-state index contributed by atoms with van der Waals surface area (Å²) in [6.07, 6.45) is 1.91. The number of oxime groups is 1. The number of rotatable bonds is 6. The molecule has 0 aliphatic heterocycles. The fourth-order valence-corrected chi connectivity index (χ4v) is 1.83. The van der Waals surface area contributed by atoms with E-state index in [4.69, 9.17) is 10.9 Å². The van der Waals surface area contributed by atoms with Gasteiger partial charge in [0.15, 0.2) is 5.84 Å². The summed E-state index contributed by atoms with van der Waals surface area (Å²) in [7, 11) is 0. The van der Waals surface area contributed by atoms with Crippen LogP contribution >= 0.6 is 0 Å². The van der Waals surface area contributed by atoms with Crippen LogP contribution in [0.3, 0.4) is 0 Å². The van der Waals surface area contributed by atoms with Crippen molar-refractivity contribution in [2.45, 2.75) is 12.8 Å². The molecule has 0 unspecified atom stereocenters. The van der Waals surface area contributed by atoms with E-state index in [0.29, 0.717) is 24.2 Å². The van der Waals surface area contributed by atoms with E-state index in [9.17, 15) is 9.59 Å². The van der Waals surface area contributed by atoms with Gasteiger partial charge in [-0.25, -0.2) is 0 Å². The molecule has 2 amide bonds. The number of nitrogens with zero attached hydrogens (tertiary/aromatic N) is 1. The number of nitrogens with two attached hydrogens (primary N) is 1. The average molecular weight is 290 g/mol. The van der Waals surface area contributed by atoms with E-state index in [1.165, 1.54) is 6.07 Å². The van der Waals surface area contributed by atoms with Crippen molar-refractivity contribution < 1.29 is 14.8 Å². The Hall–Kier alpha value is -2.57. The highest BCUT2D eigenvalue weighted by atomic mass is 16.4. The van der Waals surface area contributed by atoms with Crippen LogP contribution in [0.4, 0.5) is 0 Å². The molecule has 2 rings (SSSR count). The molecule has 1 aromatic rings. The third-order valence-electron chi connectivity index (χ3n) is 3.19. The van der Waals surface area contributed by atoms with Crippen molar-refractivity contribution in [3.63, 3.8) is 0 Å². The minimum atomic E-state index is -0.275. The maximum absolute atomic E-state index is 11.9. The third-order valence-corrected chi connectivity index (χ3v) is 3.19. The van der Waals surface area contributed by atoms with Gasteiger partial charge >= 0.3 is 0 Å². The summed E-state index contributed by atoms with van der Waals surface area (Å²) < 4.78 is 0. The Morgan fingerprint density at radius 3 is 2.57 bits per heavy atom. The Morgan fingerprint density at radius 2 is 1.90 bits per heavy atom. The minimum absolute atomic E-state index is 0.0539. The van der Waals surface area contributed by atoms with Gasteiger partial charge in [0.25, 0.3) is 5.91 Å². The molecule has 112 valence electrons. The SMILES string of the molecule is N/C(=N/O)c1cccc(C(=O)NCCNC(=O)C2CC2)c1. The van der Waals surface area contributed by atoms with Crippen molar-refractivity contribution in [1.29, 1.82) is 0 Å². The first kappa shape index (κ1) is 14.8. The van der Waals surface area contributed by atoms with Crippen LogP contribution in [-0.4, -0.2) is 35.9 Å². The molecule has 1 aliphatic rings. The van der Waals surface area contributed by atoms with Gasteiger partial charge in [-0.1, -0.05) is 17.3 Å². The molecule has 1 saturated carbocycles. The van der Waals surface area contributed by atoms with Gasteiger partial charge in [-0.3, -0.25) is 9.59 Å². The number of nitrogens with one attached hydrogen (secondary N) is 2. The van der Waals surface area contributed by atoms with Crippen LogP contribution < -0.4 is 16.4 Å². The van der Waals surface area contributed by atoms with E-state index in [2.05, 4.69) is 15.8 Å². The Bertz CT molecular complexity index is 567. The van der Waals surface area contributed by atoms with E-state index in [-0.39, 0.29) is 23.6 Å². The highest BCUT2D eigenvalue weighted by molar-refractivity contribution is 6.01. The number of hydrogen-bond donors (Lipinski definition) is 4. The van der Waals surface area contributed by atoms with E-state index in [1.807, 2.05) is 0 Å². The fraction of sp³-hybridized carbons (Fsp3) is 0.357. The monoisotopic (exact) mass is 290 g/mol. The van der Waals surface area contributed by atoms with Crippen LogP contribution in [-0.2, 0) is 4.79 Å².